The molecule has 0 amide bonds. The molecule has 0 radical (unpaired) electrons. The number of aliphatic hydroxyl groups excluding tert-OH is 1. The van der Waals surface area contributed by atoms with Crippen molar-refractivity contribution in [3.8, 4) is 0 Å². The third-order valence-electron chi connectivity index (χ3n) is 6.92. The Morgan fingerprint density at radius 2 is 1.97 bits per heavy atom. The fourth-order valence-electron chi connectivity index (χ4n) is 4.56. The summed E-state index contributed by atoms with van der Waals surface area (Å²) >= 11 is 0. The van der Waals surface area contributed by atoms with Crippen LogP contribution in [0.25, 0.3) is 0 Å². The second-order valence-electron chi connectivity index (χ2n) is 9.46. The number of nitrogens with zero attached hydrogens (tertiary/aromatic N) is 3. The Kier molecular flexibility index (Phi) is 10.5. The Balaban J connectivity index is 0.00000341. The number of aromatic nitrogens is 1. The SMILES string of the molecule is CCNC(=NCC1(C)CCCCC1O)NCC1CCN(Cc2nc(C)c(C)o2)CC1.I. The highest BCUT2D eigenvalue weighted by Gasteiger charge is 2.35. The first-order valence-electron chi connectivity index (χ1n) is 11.7. The van der Waals surface area contributed by atoms with Gasteiger partial charge >= 0.3 is 0 Å². The van der Waals surface area contributed by atoms with Crippen LogP contribution < -0.4 is 10.6 Å². The molecule has 0 aromatic carbocycles. The zero-order valence-electron chi connectivity index (χ0n) is 19.7. The molecule has 1 aliphatic carbocycles. The van der Waals surface area contributed by atoms with Crippen LogP contribution in [0.3, 0.4) is 0 Å². The molecule has 2 atom stereocenters. The molecule has 31 heavy (non-hydrogen) atoms. The lowest BCUT2D eigenvalue weighted by Gasteiger charge is -2.37. The van der Waals surface area contributed by atoms with E-state index in [2.05, 4.69) is 34.4 Å². The molecule has 1 aliphatic heterocycles. The summed E-state index contributed by atoms with van der Waals surface area (Å²) in [7, 11) is 0. The molecule has 1 saturated carbocycles. The van der Waals surface area contributed by atoms with E-state index in [4.69, 9.17) is 9.41 Å². The van der Waals surface area contributed by atoms with E-state index in [0.717, 1.165) is 75.3 Å². The van der Waals surface area contributed by atoms with Gasteiger partial charge in [-0.3, -0.25) is 9.89 Å². The quantitative estimate of drug-likeness (QED) is 0.275. The fourth-order valence-corrected chi connectivity index (χ4v) is 4.56. The van der Waals surface area contributed by atoms with Gasteiger partial charge in [0.15, 0.2) is 5.96 Å². The molecule has 2 fully saturated rings. The van der Waals surface area contributed by atoms with Crippen LogP contribution in [0.4, 0.5) is 0 Å². The molecule has 1 aromatic rings. The van der Waals surface area contributed by atoms with Crippen molar-refractivity contribution in [1.29, 1.82) is 0 Å². The summed E-state index contributed by atoms with van der Waals surface area (Å²) in [6.45, 7) is 13.7. The molecule has 0 bridgehead atoms. The van der Waals surface area contributed by atoms with Gasteiger partial charge in [-0.1, -0.05) is 19.8 Å². The van der Waals surface area contributed by atoms with Gasteiger partial charge in [0.05, 0.1) is 24.9 Å². The highest BCUT2D eigenvalue weighted by molar-refractivity contribution is 14.0. The Morgan fingerprint density at radius 3 is 2.58 bits per heavy atom. The summed E-state index contributed by atoms with van der Waals surface area (Å²) in [6, 6.07) is 0. The second-order valence-corrected chi connectivity index (χ2v) is 9.46. The zero-order chi connectivity index (χ0) is 21.6. The molecule has 7 nitrogen and oxygen atoms in total. The van der Waals surface area contributed by atoms with E-state index in [1.807, 2.05) is 13.8 Å². The minimum Gasteiger partial charge on any atom is -0.444 e. The third-order valence-corrected chi connectivity index (χ3v) is 6.92. The average Bonchev–Trinajstić information content (AvgIpc) is 3.04. The largest absolute Gasteiger partial charge is 0.444 e. The van der Waals surface area contributed by atoms with Crippen molar-refractivity contribution in [1.82, 2.24) is 20.5 Å². The molecule has 8 heteroatoms. The molecule has 2 heterocycles. The van der Waals surface area contributed by atoms with Gasteiger partial charge in [0, 0.05) is 18.5 Å². The number of guanidine groups is 1. The number of piperidine rings is 1. The standard InChI is InChI=1S/C23H41N5O2.HI/c1-5-24-22(26-16-23(4)11-7-6-8-20(23)29)25-14-19-9-12-28(13-10-19)15-21-27-17(2)18(3)30-21;/h19-20,29H,5-16H2,1-4H3,(H2,24,25,26);1H. The van der Waals surface area contributed by atoms with E-state index in [0.29, 0.717) is 12.5 Å². The van der Waals surface area contributed by atoms with Crippen molar-refractivity contribution in [3.05, 3.63) is 17.3 Å². The summed E-state index contributed by atoms with van der Waals surface area (Å²) in [4.78, 5) is 11.8. The highest BCUT2D eigenvalue weighted by Crippen LogP contribution is 2.36. The molecule has 3 N–H and O–H groups in total. The number of rotatable bonds is 7. The van der Waals surface area contributed by atoms with Gasteiger partial charge in [0.1, 0.15) is 5.76 Å². The van der Waals surface area contributed by atoms with Crippen LogP contribution in [0.1, 0.15) is 69.7 Å². The van der Waals surface area contributed by atoms with Crippen molar-refractivity contribution < 1.29 is 9.52 Å². The highest BCUT2D eigenvalue weighted by atomic mass is 127. The van der Waals surface area contributed by atoms with E-state index in [9.17, 15) is 5.11 Å². The van der Waals surface area contributed by atoms with Crippen LogP contribution in [0, 0.1) is 25.2 Å². The van der Waals surface area contributed by atoms with E-state index in [1.54, 1.807) is 0 Å². The average molecular weight is 548 g/mol. The monoisotopic (exact) mass is 547 g/mol. The summed E-state index contributed by atoms with van der Waals surface area (Å²) < 4.78 is 5.74. The summed E-state index contributed by atoms with van der Waals surface area (Å²) in [5.74, 6) is 3.29. The predicted molar refractivity (Wildman–Crippen MR) is 136 cm³/mol. The van der Waals surface area contributed by atoms with Gasteiger partial charge in [0.2, 0.25) is 5.89 Å². The van der Waals surface area contributed by atoms with Crippen LogP contribution in [0.5, 0.6) is 0 Å². The van der Waals surface area contributed by atoms with E-state index in [1.165, 1.54) is 19.3 Å². The number of aliphatic hydroxyl groups is 1. The van der Waals surface area contributed by atoms with Gasteiger partial charge < -0.3 is 20.2 Å². The molecule has 178 valence electrons. The Morgan fingerprint density at radius 1 is 1.23 bits per heavy atom. The van der Waals surface area contributed by atoms with Crippen LogP contribution in [0.2, 0.25) is 0 Å². The molecule has 2 aliphatic rings. The van der Waals surface area contributed by atoms with Gasteiger partial charge in [-0.2, -0.15) is 0 Å². The first-order valence-corrected chi connectivity index (χ1v) is 11.7. The number of aryl methyl sites for hydroxylation is 2. The first kappa shape index (κ1) is 26.4. The van der Waals surface area contributed by atoms with E-state index >= 15 is 0 Å². The van der Waals surface area contributed by atoms with Crippen molar-refractivity contribution >= 4 is 29.9 Å². The van der Waals surface area contributed by atoms with Gasteiger partial charge in [-0.25, -0.2) is 4.98 Å². The maximum Gasteiger partial charge on any atom is 0.208 e. The topological polar surface area (TPSA) is 85.9 Å². The van der Waals surface area contributed by atoms with Crippen molar-refractivity contribution in [2.75, 3.05) is 32.7 Å². The van der Waals surface area contributed by atoms with Gasteiger partial charge in [-0.15, -0.1) is 24.0 Å². The normalized spacial score (nSPS) is 25.8. The van der Waals surface area contributed by atoms with Gasteiger partial charge in [0.25, 0.3) is 0 Å². The Hall–Kier alpha value is -0.870. The second kappa shape index (κ2) is 12.4. The molecule has 0 spiro atoms. The number of nitrogens with one attached hydrogen (secondary N) is 2. The van der Waals surface area contributed by atoms with Crippen LogP contribution >= 0.6 is 24.0 Å². The lowest BCUT2D eigenvalue weighted by molar-refractivity contribution is 0.00716. The number of oxazole rings is 1. The third kappa shape index (κ3) is 7.60. The number of hydrogen-bond donors (Lipinski definition) is 3. The Bertz CT molecular complexity index is 683. The van der Waals surface area contributed by atoms with Crippen molar-refractivity contribution in [2.24, 2.45) is 16.3 Å². The number of hydrogen-bond acceptors (Lipinski definition) is 5. The zero-order valence-corrected chi connectivity index (χ0v) is 22.1. The maximum absolute atomic E-state index is 10.4. The molecular formula is C23H42IN5O2. The maximum atomic E-state index is 10.4. The van der Waals surface area contributed by atoms with E-state index < -0.39 is 0 Å². The van der Waals surface area contributed by atoms with Gasteiger partial charge in [-0.05, 0) is 65.5 Å². The first-order chi connectivity index (χ1) is 14.4. The molecule has 3 rings (SSSR count). The number of likely N-dealkylation sites (tertiary alicyclic amines) is 1. The molecule has 2 unspecified atom stereocenters. The molecule has 1 saturated heterocycles. The minimum absolute atomic E-state index is 0. The minimum atomic E-state index is -0.238. The summed E-state index contributed by atoms with van der Waals surface area (Å²) in [6.07, 6.45) is 6.38. The van der Waals surface area contributed by atoms with Crippen LogP contribution in [0.15, 0.2) is 9.41 Å². The number of halogens is 1. The van der Waals surface area contributed by atoms with E-state index in [-0.39, 0.29) is 35.5 Å². The molecule has 1 aromatic heterocycles. The Labute approximate surface area is 204 Å². The summed E-state index contributed by atoms with van der Waals surface area (Å²) in [5.41, 5.74) is 0.900. The lowest BCUT2D eigenvalue weighted by Crippen LogP contribution is -2.44. The smallest absolute Gasteiger partial charge is 0.208 e. The van der Waals surface area contributed by atoms with Crippen LogP contribution in [-0.2, 0) is 6.54 Å². The summed E-state index contributed by atoms with van der Waals surface area (Å²) in [5, 5.41) is 17.3. The predicted octanol–water partition coefficient (Wildman–Crippen LogP) is 3.62. The molecular weight excluding hydrogens is 505 g/mol. The number of aliphatic imine (C=N–C) groups is 1. The van der Waals surface area contributed by atoms with Crippen molar-refractivity contribution in [3.63, 3.8) is 0 Å². The van der Waals surface area contributed by atoms with Crippen molar-refractivity contribution in [2.45, 2.75) is 78.9 Å². The lowest BCUT2D eigenvalue weighted by atomic mass is 9.73. The fraction of sp³-hybridized carbons (Fsp3) is 0.826. The van der Waals surface area contributed by atoms with Crippen LogP contribution in [-0.4, -0.2) is 59.8 Å².